The SMILES string of the molecule is O=C(NC[C@H]1CCCN1S(=O)(=O)c1ccccc1)C(=O)Nc1ccccc1F. The Hall–Kier alpha value is -2.78. The Labute approximate surface area is 162 Å². The lowest BCUT2D eigenvalue weighted by Gasteiger charge is -2.24. The van der Waals surface area contributed by atoms with Crippen LogP contribution >= 0.6 is 0 Å². The predicted octanol–water partition coefficient (Wildman–Crippen LogP) is 1.73. The maximum Gasteiger partial charge on any atom is 0.313 e. The van der Waals surface area contributed by atoms with Crippen molar-refractivity contribution in [3.8, 4) is 0 Å². The number of rotatable bonds is 5. The van der Waals surface area contributed by atoms with Crippen LogP contribution in [0.1, 0.15) is 12.8 Å². The molecule has 0 aliphatic carbocycles. The molecule has 0 aromatic heterocycles. The lowest BCUT2D eigenvalue weighted by molar-refractivity contribution is -0.136. The second-order valence-corrected chi connectivity index (χ2v) is 8.26. The highest BCUT2D eigenvalue weighted by molar-refractivity contribution is 7.89. The molecule has 0 saturated carbocycles. The Balaban J connectivity index is 1.61. The third-order valence-corrected chi connectivity index (χ3v) is 6.47. The molecule has 2 aromatic rings. The molecular formula is C19H20FN3O4S. The zero-order valence-electron chi connectivity index (χ0n) is 15.0. The van der Waals surface area contributed by atoms with E-state index in [0.717, 1.165) is 0 Å². The Morgan fingerprint density at radius 3 is 2.43 bits per heavy atom. The number of halogens is 1. The average Bonchev–Trinajstić information content (AvgIpc) is 3.18. The Kier molecular flexibility index (Phi) is 6.05. The first-order chi connectivity index (χ1) is 13.4. The van der Waals surface area contributed by atoms with Crippen molar-refractivity contribution in [3.63, 3.8) is 0 Å². The van der Waals surface area contributed by atoms with E-state index in [4.69, 9.17) is 0 Å². The van der Waals surface area contributed by atoms with Gasteiger partial charge in [0.25, 0.3) is 0 Å². The molecule has 1 heterocycles. The van der Waals surface area contributed by atoms with E-state index in [1.165, 1.54) is 40.7 Å². The minimum atomic E-state index is -3.68. The summed E-state index contributed by atoms with van der Waals surface area (Å²) in [7, 11) is -3.68. The highest BCUT2D eigenvalue weighted by Gasteiger charge is 2.35. The quantitative estimate of drug-likeness (QED) is 0.741. The second-order valence-electron chi connectivity index (χ2n) is 6.37. The fraction of sp³-hybridized carbons (Fsp3) is 0.263. The standard InChI is InChI=1S/C19H20FN3O4S/c20-16-10-4-5-11-17(16)22-19(25)18(24)21-13-14-7-6-12-23(14)28(26,27)15-8-2-1-3-9-15/h1-5,8-11,14H,6-7,12-13H2,(H,21,24)(H,22,25)/t14-/m1/s1. The van der Waals surface area contributed by atoms with Crippen molar-refractivity contribution in [1.29, 1.82) is 0 Å². The van der Waals surface area contributed by atoms with E-state index in [2.05, 4.69) is 10.6 Å². The summed E-state index contributed by atoms with van der Waals surface area (Å²) in [5.74, 6) is -2.62. The van der Waals surface area contributed by atoms with Crippen molar-refractivity contribution < 1.29 is 22.4 Å². The Morgan fingerprint density at radius 1 is 1.04 bits per heavy atom. The lowest BCUT2D eigenvalue weighted by Crippen LogP contribution is -2.45. The summed E-state index contributed by atoms with van der Waals surface area (Å²) < 4.78 is 40.5. The van der Waals surface area contributed by atoms with Gasteiger partial charge < -0.3 is 10.6 Å². The molecule has 1 aliphatic heterocycles. The second kappa shape index (κ2) is 8.49. The number of amides is 2. The number of nitrogens with one attached hydrogen (secondary N) is 2. The first kappa shape index (κ1) is 20.0. The number of sulfonamides is 1. The fourth-order valence-electron chi connectivity index (χ4n) is 3.09. The number of carbonyl (C=O) groups is 2. The van der Waals surface area contributed by atoms with Crippen molar-refractivity contribution >= 4 is 27.5 Å². The molecule has 2 aromatic carbocycles. The van der Waals surface area contributed by atoms with Gasteiger partial charge in [-0.2, -0.15) is 4.31 Å². The van der Waals surface area contributed by atoms with E-state index >= 15 is 0 Å². The molecular weight excluding hydrogens is 385 g/mol. The molecule has 0 unspecified atom stereocenters. The smallest absolute Gasteiger partial charge is 0.313 e. The molecule has 1 aliphatic rings. The van der Waals surface area contributed by atoms with Crippen LogP contribution in [0.5, 0.6) is 0 Å². The van der Waals surface area contributed by atoms with Crippen LogP contribution in [0, 0.1) is 5.82 Å². The molecule has 0 bridgehead atoms. The van der Waals surface area contributed by atoms with Gasteiger partial charge in [-0.3, -0.25) is 9.59 Å². The number of hydrogen-bond acceptors (Lipinski definition) is 4. The minimum Gasteiger partial charge on any atom is -0.346 e. The van der Waals surface area contributed by atoms with E-state index in [-0.39, 0.29) is 17.1 Å². The van der Waals surface area contributed by atoms with Crippen molar-refractivity contribution in [2.45, 2.75) is 23.8 Å². The number of carbonyl (C=O) groups excluding carboxylic acids is 2. The monoisotopic (exact) mass is 405 g/mol. The van der Waals surface area contributed by atoms with Crippen LogP contribution in [0.2, 0.25) is 0 Å². The largest absolute Gasteiger partial charge is 0.346 e. The maximum absolute atomic E-state index is 13.6. The highest BCUT2D eigenvalue weighted by atomic mass is 32.2. The Morgan fingerprint density at radius 2 is 1.71 bits per heavy atom. The van der Waals surface area contributed by atoms with Gasteiger partial charge in [-0.15, -0.1) is 0 Å². The van der Waals surface area contributed by atoms with E-state index < -0.39 is 33.7 Å². The Bertz CT molecular complexity index is 966. The van der Waals surface area contributed by atoms with Crippen molar-refractivity contribution in [2.75, 3.05) is 18.4 Å². The van der Waals surface area contributed by atoms with Gasteiger partial charge >= 0.3 is 11.8 Å². The molecule has 0 radical (unpaired) electrons. The topological polar surface area (TPSA) is 95.6 Å². The molecule has 2 amide bonds. The van der Waals surface area contributed by atoms with Crippen LogP contribution in [0.15, 0.2) is 59.5 Å². The van der Waals surface area contributed by atoms with E-state index in [9.17, 15) is 22.4 Å². The molecule has 1 saturated heterocycles. The average molecular weight is 405 g/mol. The summed E-state index contributed by atoms with van der Waals surface area (Å²) in [6.45, 7) is 0.342. The minimum absolute atomic E-state index is 0.00438. The third-order valence-electron chi connectivity index (χ3n) is 4.50. The van der Waals surface area contributed by atoms with Crippen LogP contribution in [0.3, 0.4) is 0 Å². The van der Waals surface area contributed by atoms with Gasteiger partial charge in [0, 0.05) is 19.1 Å². The molecule has 148 valence electrons. The first-order valence-corrected chi connectivity index (χ1v) is 10.2. The predicted molar refractivity (Wildman–Crippen MR) is 101 cm³/mol. The number of nitrogens with zero attached hydrogens (tertiary/aromatic N) is 1. The molecule has 0 spiro atoms. The molecule has 28 heavy (non-hydrogen) atoms. The van der Waals surface area contributed by atoms with Crippen molar-refractivity contribution in [2.24, 2.45) is 0 Å². The van der Waals surface area contributed by atoms with Crippen LogP contribution in [-0.4, -0.2) is 43.7 Å². The summed E-state index contributed by atoms with van der Waals surface area (Å²) in [5, 5.41) is 4.63. The van der Waals surface area contributed by atoms with Gasteiger partial charge in [0.2, 0.25) is 10.0 Å². The van der Waals surface area contributed by atoms with Gasteiger partial charge in [0.1, 0.15) is 5.82 Å². The summed E-state index contributed by atoms with van der Waals surface area (Å²) >= 11 is 0. The molecule has 1 atom stereocenters. The van der Waals surface area contributed by atoms with Crippen molar-refractivity contribution in [1.82, 2.24) is 9.62 Å². The molecule has 2 N–H and O–H groups in total. The third kappa shape index (κ3) is 4.37. The van der Waals surface area contributed by atoms with Crippen LogP contribution in [0.4, 0.5) is 10.1 Å². The van der Waals surface area contributed by atoms with E-state index in [0.29, 0.717) is 19.4 Å². The molecule has 3 rings (SSSR count). The zero-order chi connectivity index (χ0) is 20.1. The fourth-order valence-corrected chi connectivity index (χ4v) is 4.80. The summed E-state index contributed by atoms with van der Waals surface area (Å²) in [6, 6.07) is 13.1. The zero-order valence-corrected chi connectivity index (χ0v) is 15.8. The van der Waals surface area contributed by atoms with Crippen LogP contribution < -0.4 is 10.6 Å². The van der Waals surface area contributed by atoms with Crippen LogP contribution in [0.25, 0.3) is 0 Å². The summed E-state index contributed by atoms with van der Waals surface area (Å²) in [4.78, 5) is 24.2. The number of benzene rings is 2. The molecule has 1 fully saturated rings. The van der Waals surface area contributed by atoms with Crippen molar-refractivity contribution in [3.05, 3.63) is 60.4 Å². The van der Waals surface area contributed by atoms with Gasteiger partial charge in [0.05, 0.1) is 10.6 Å². The van der Waals surface area contributed by atoms with Crippen LogP contribution in [-0.2, 0) is 19.6 Å². The van der Waals surface area contributed by atoms with Gasteiger partial charge in [0.15, 0.2) is 0 Å². The maximum atomic E-state index is 13.6. The highest BCUT2D eigenvalue weighted by Crippen LogP contribution is 2.25. The molecule has 9 heteroatoms. The number of hydrogen-bond donors (Lipinski definition) is 2. The van der Waals surface area contributed by atoms with Gasteiger partial charge in [-0.05, 0) is 37.1 Å². The van der Waals surface area contributed by atoms with Gasteiger partial charge in [-0.1, -0.05) is 30.3 Å². The number of para-hydroxylation sites is 1. The summed E-state index contributed by atoms with van der Waals surface area (Å²) in [6.07, 6.45) is 1.23. The normalized spacial score (nSPS) is 17.2. The first-order valence-electron chi connectivity index (χ1n) is 8.80. The van der Waals surface area contributed by atoms with Gasteiger partial charge in [-0.25, -0.2) is 12.8 Å². The van der Waals surface area contributed by atoms with E-state index in [1.54, 1.807) is 18.2 Å². The van der Waals surface area contributed by atoms with E-state index in [1.807, 2.05) is 0 Å². The summed E-state index contributed by atoms with van der Waals surface area (Å²) in [5.41, 5.74) is -0.100. The lowest BCUT2D eigenvalue weighted by atomic mass is 10.2. The number of anilines is 1. The molecule has 7 nitrogen and oxygen atoms in total.